The summed E-state index contributed by atoms with van der Waals surface area (Å²) in [6, 6.07) is 10.4. The highest BCUT2D eigenvalue weighted by atomic mass is 15.3. The summed E-state index contributed by atoms with van der Waals surface area (Å²) < 4.78 is 1.91. The third kappa shape index (κ3) is 4.28. The van der Waals surface area contributed by atoms with Crippen molar-refractivity contribution in [1.82, 2.24) is 9.78 Å². The molecule has 0 fully saturated rings. The first-order valence-electron chi connectivity index (χ1n) is 8.01. The first-order valence-corrected chi connectivity index (χ1v) is 8.01. The zero-order valence-electron chi connectivity index (χ0n) is 14.2. The summed E-state index contributed by atoms with van der Waals surface area (Å²) in [6.07, 6.45) is 6.51. The topological polar surface area (TPSA) is 41.7 Å². The van der Waals surface area contributed by atoms with Crippen LogP contribution in [0.5, 0.6) is 0 Å². The molecular formula is C20H25N3. The van der Waals surface area contributed by atoms with Gasteiger partial charge in [-0.3, -0.25) is 10.1 Å². The highest BCUT2D eigenvalue weighted by Crippen LogP contribution is 2.20. The summed E-state index contributed by atoms with van der Waals surface area (Å²) in [4.78, 5) is 0. The Bertz CT molecular complexity index is 705. The maximum absolute atomic E-state index is 8.50. The second-order valence-electron chi connectivity index (χ2n) is 6.06. The summed E-state index contributed by atoms with van der Waals surface area (Å²) in [5.74, 6) is 0.285. The van der Waals surface area contributed by atoms with Gasteiger partial charge in [-0.1, -0.05) is 56.8 Å². The van der Waals surface area contributed by atoms with E-state index in [0.717, 1.165) is 29.7 Å². The van der Waals surface area contributed by atoms with Crippen molar-refractivity contribution in [3.05, 3.63) is 77.7 Å². The molecular weight excluding hydrogens is 282 g/mol. The molecule has 0 spiro atoms. The van der Waals surface area contributed by atoms with Crippen molar-refractivity contribution in [2.45, 2.75) is 33.7 Å². The molecule has 120 valence electrons. The van der Waals surface area contributed by atoms with E-state index in [2.05, 4.69) is 49.8 Å². The van der Waals surface area contributed by atoms with Crippen molar-refractivity contribution in [3.63, 3.8) is 0 Å². The molecule has 0 aliphatic rings. The molecule has 0 saturated carbocycles. The third-order valence-corrected chi connectivity index (χ3v) is 3.97. The molecule has 0 aliphatic carbocycles. The Balaban J connectivity index is 2.12. The number of hydrogen-bond acceptors (Lipinski definition) is 2. The molecule has 0 radical (unpaired) electrons. The molecule has 0 unspecified atom stereocenters. The average molecular weight is 307 g/mol. The lowest BCUT2D eigenvalue weighted by molar-refractivity contribution is 0.615. The van der Waals surface area contributed by atoms with Gasteiger partial charge in [0.05, 0.1) is 11.9 Å². The molecule has 3 heteroatoms. The standard InChI is InChI=1S/C20H25N3/c1-5-16(4)19(15(2)3)20(21)18-13-22-23(14-18)12-11-17-9-7-6-8-10-17/h5-10,13-15,21H,1,11-12H2,2-4H3/b19-16+,21-20?. The zero-order valence-corrected chi connectivity index (χ0v) is 14.2. The largest absolute Gasteiger partial charge is 0.300 e. The van der Waals surface area contributed by atoms with Crippen LogP contribution >= 0.6 is 0 Å². The summed E-state index contributed by atoms with van der Waals surface area (Å²) in [5.41, 5.74) is 4.79. The summed E-state index contributed by atoms with van der Waals surface area (Å²) in [6.45, 7) is 10.9. The number of aromatic nitrogens is 2. The second-order valence-corrected chi connectivity index (χ2v) is 6.06. The summed E-state index contributed by atoms with van der Waals surface area (Å²) in [5, 5.41) is 12.9. The van der Waals surface area contributed by atoms with Crippen molar-refractivity contribution in [3.8, 4) is 0 Å². The van der Waals surface area contributed by atoms with Crippen LogP contribution in [-0.4, -0.2) is 15.5 Å². The van der Waals surface area contributed by atoms with Crippen LogP contribution in [0, 0.1) is 11.3 Å². The van der Waals surface area contributed by atoms with Gasteiger partial charge >= 0.3 is 0 Å². The van der Waals surface area contributed by atoms with Crippen LogP contribution in [0.15, 0.2) is 66.5 Å². The smallest absolute Gasteiger partial charge is 0.0680 e. The molecule has 23 heavy (non-hydrogen) atoms. The highest BCUT2D eigenvalue weighted by molar-refractivity contribution is 6.11. The summed E-state index contributed by atoms with van der Waals surface area (Å²) in [7, 11) is 0. The zero-order chi connectivity index (χ0) is 16.8. The molecule has 1 aromatic carbocycles. The maximum Gasteiger partial charge on any atom is 0.0680 e. The molecule has 1 heterocycles. The number of allylic oxidation sites excluding steroid dienone is 3. The molecule has 0 aliphatic heterocycles. The number of aryl methyl sites for hydroxylation is 2. The molecule has 0 atom stereocenters. The van der Waals surface area contributed by atoms with Gasteiger partial charge in [0.25, 0.3) is 0 Å². The van der Waals surface area contributed by atoms with Crippen LogP contribution in [0.4, 0.5) is 0 Å². The van der Waals surface area contributed by atoms with Crippen LogP contribution in [0.3, 0.4) is 0 Å². The Morgan fingerprint density at radius 2 is 2.00 bits per heavy atom. The normalized spacial score (nSPS) is 12.2. The van der Waals surface area contributed by atoms with Crippen LogP contribution in [-0.2, 0) is 13.0 Å². The highest BCUT2D eigenvalue weighted by Gasteiger charge is 2.15. The Hall–Kier alpha value is -2.42. The van der Waals surface area contributed by atoms with Gasteiger partial charge in [-0.2, -0.15) is 5.10 Å². The number of nitrogens with one attached hydrogen (secondary N) is 1. The molecule has 3 nitrogen and oxygen atoms in total. The first-order chi connectivity index (χ1) is 11.0. The second kappa shape index (κ2) is 7.73. The van der Waals surface area contributed by atoms with Crippen LogP contribution < -0.4 is 0 Å². The molecule has 2 aromatic rings. The molecule has 2 rings (SSSR count). The fourth-order valence-electron chi connectivity index (χ4n) is 2.71. The maximum atomic E-state index is 8.50. The van der Waals surface area contributed by atoms with Gasteiger partial charge in [0.1, 0.15) is 0 Å². The molecule has 1 N–H and O–H groups in total. The van der Waals surface area contributed by atoms with Gasteiger partial charge in [-0.25, -0.2) is 0 Å². The molecule has 1 aromatic heterocycles. The quantitative estimate of drug-likeness (QED) is 0.587. The third-order valence-electron chi connectivity index (χ3n) is 3.97. The fraction of sp³-hybridized carbons (Fsp3) is 0.300. The first kappa shape index (κ1) is 16.9. The Morgan fingerprint density at radius 1 is 1.30 bits per heavy atom. The van der Waals surface area contributed by atoms with E-state index in [1.807, 2.05) is 29.9 Å². The Kier molecular flexibility index (Phi) is 5.69. The lowest BCUT2D eigenvalue weighted by atomic mass is 9.91. The Morgan fingerprint density at radius 3 is 2.61 bits per heavy atom. The van der Waals surface area contributed by atoms with Gasteiger partial charge in [0.2, 0.25) is 0 Å². The van der Waals surface area contributed by atoms with E-state index in [9.17, 15) is 0 Å². The van der Waals surface area contributed by atoms with E-state index in [-0.39, 0.29) is 5.92 Å². The lowest BCUT2D eigenvalue weighted by Gasteiger charge is -2.14. The van der Waals surface area contributed by atoms with Crippen molar-refractivity contribution in [1.29, 1.82) is 5.41 Å². The van der Waals surface area contributed by atoms with Gasteiger partial charge < -0.3 is 0 Å². The Labute approximate surface area is 138 Å². The van der Waals surface area contributed by atoms with Crippen molar-refractivity contribution < 1.29 is 0 Å². The van der Waals surface area contributed by atoms with E-state index >= 15 is 0 Å². The SMILES string of the molecule is C=C/C(C)=C(/C(=N)c1cnn(CCc2ccccc2)c1)C(C)C. The minimum atomic E-state index is 0.285. The van der Waals surface area contributed by atoms with Crippen molar-refractivity contribution in [2.24, 2.45) is 5.92 Å². The summed E-state index contributed by atoms with van der Waals surface area (Å²) >= 11 is 0. The lowest BCUT2D eigenvalue weighted by Crippen LogP contribution is -2.10. The van der Waals surface area contributed by atoms with Crippen LogP contribution in [0.25, 0.3) is 0 Å². The molecule has 0 bridgehead atoms. The van der Waals surface area contributed by atoms with E-state index in [0.29, 0.717) is 5.71 Å². The predicted octanol–water partition coefficient (Wildman–Crippen LogP) is 4.65. The van der Waals surface area contributed by atoms with Crippen molar-refractivity contribution in [2.75, 3.05) is 0 Å². The monoisotopic (exact) mass is 307 g/mol. The number of nitrogens with zero attached hydrogens (tertiary/aromatic N) is 2. The minimum absolute atomic E-state index is 0.285. The van der Waals surface area contributed by atoms with Gasteiger partial charge in [0, 0.05) is 18.3 Å². The van der Waals surface area contributed by atoms with Crippen molar-refractivity contribution >= 4 is 5.71 Å². The van der Waals surface area contributed by atoms with Crippen LogP contribution in [0.1, 0.15) is 31.9 Å². The van der Waals surface area contributed by atoms with E-state index in [1.165, 1.54) is 5.56 Å². The fourth-order valence-corrected chi connectivity index (χ4v) is 2.71. The predicted molar refractivity (Wildman–Crippen MR) is 96.9 cm³/mol. The minimum Gasteiger partial charge on any atom is -0.300 e. The number of hydrogen-bond donors (Lipinski definition) is 1. The van der Waals surface area contributed by atoms with Gasteiger partial charge in [-0.05, 0) is 36.0 Å². The van der Waals surface area contributed by atoms with E-state index in [1.54, 1.807) is 6.20 Å². The number of benzene rings is 1. The van der Waals surface area contributed by atoms with E-state index < -0.39 is 0 Å². The van der Waals surface area contributed by atoms with Crippen LogP contribution in [0.2, 0.25) is 0 Å². The average Bonchev–Trinajstić information content (AvgIpc) is 3.02. The number of rotatable bonds is 7. The van der Waals surface area contributed by atoms with Gasteiger partial charge in [-0.15, -0.1) is 0 Å². The van der Waals surface area contributed by atoms with E-state index in [4.69, 9.17) is 5.41 Å². The molecule has 0 saturated heterocycles. The molecule has 0 amide bonds. The van der Waals surface area contributed by atoms with Gasteiger partial charge in [0.15, 0.2) is 0 Å².